The van der Waals surface area contributed by atoms with Gasteiger partial charge in [-0.3, -0.25) is 4.79 Å². The molecule has 0 spiro atoms. The van der Waals surface area contributed by atoms with E-state index in [1.54, 1.807) is 42.5 Å². The molecule has 0 amide bonds. The maximum atomic E-state index is 12.6. The van der Waals surface area contributed by atoms with Crippen LogP contribution < -0.4 is 4.74 Å². The number of carbonyl (C=O) groups is 1. The molecule has 0 bridgehead atoms. The van der Waals surface area contributed by atoms with Crippen LogP contribution in [-0.2, 0) is 0 Å². The number of ketones is 1. The zero-order valence-corrected chi connectivity index (χ0v) is 17.0. The number of allylic oxidation sites excluding steroid dienone is 3. The van der Waals surface area contributed by atoms with Crippen LogP contribution in [0, 0.1) is 0 Å². The molecule has 2 aromatic carbocycles. The van der Waals surface area contributed by atoms with Crippen molar-refractivity contribution in [3.8, 4) is 17.2 Å². The van der Waals surface area contributed by atoms with Gasteiger partial charge in [0, 0.05) is 0 Å². The quantitative estimate of drug-likeness (QED) is 0.366. The van der Waals surface area contributed by atoms with E-state index in [2.05, 4.69) is 19.9 Å². The molecule has 1 atom stereocenters. The van der Waals surface area contributed by atoms with E-state index < -0.39 is 5.60 Å². The van der Waals surface area contributed by atoms with E-state index in [0.717, 1.165) is 18.4 Å². The number of aromatic hydroxyl groups is 2. The number of rotatable bonds is 6. The highest BCUT2D eigenvalue weighted by atomic mass is 16.5. The number of fused-ring (bicyclic) bond motifs is 1. The summed E-state index contributed by atoms with van der Waals surface area (Å²) in [6.45, 7) is 6.16. The standard InChI is InChI=1S/C25H26O4/c1-17(2)5-4-15-25(3)16-14-21-23(29-25)13-11-20(24(21)28)22(27)12-8-18-6-9-19(26)10-7-18/h5-14,16,26,28H,4,15H2,1-3H3/b12-8+/t25-/m1/s1. The van der Waals surface area contributed by atoms with E-state index in [1.807, 2.05) is 19.1 Å². The fraction of sp³-hybridized carbons (Fsp3) is 0.240. The topological polar surface area (TPSA) is 66.8 Å². The molecular weight excluding hydrogens is 364 g/mol. The number of benzene rings is 2. The molecular formula is C25H26O4. The van der Waals surface area contributed by atoms with Crippen LogP contribution in [0.4, 0.5) is 0 Å². The van der Waals surface area contributed by atoms with Gasteiger partial charge in [0.25, 0.3) is 0 Å². The molecule has 29 heavy (non-hydrogen) atoms. The number of carbonyl (C=O) groups excluding carboxylic acids is 1. The average Bonchev–Trinajstić information content (AvgIpc) is 2.67. The molecule has 4 heteroatoms. The fourth-order valence-corrected chi connectivity index (χ4v) is 3.21. The van der Waals surface area contributed by atoms with Crippen molar-refractivity contribution in [3.63, 3.8) is 0 Å². The van der Waals surface area contributed by atoms with Gasteiger partial charge in [-0.05, 0) is 81.7 Å². The smallest absolute Gasteiger partial charge is 0.189 e. The molecule has 1 heterocycles. The highest BCUT2D eigenvalue weighted by Crippen LogP contribution is 2.40. The van der Waals surface area contributed by atoms with E-state index in [9.17, 15) is 15.0 Å². The third-order valence-electron chi connectivity index (χ3n) is 4.90. The molecule has 0 radical (unpaired) electrons. The lowest BCUT2D eigenvalue weighted by Gasteiger charge is -2.32. The van der Waals surface area contributed by atoms with Crippen molar-refractivity contribution in [1.82, 2.24) is 0 Å². The second-order valence-electron chi connectivity index (χ2n) is 7.73. The van der Waals surface area contributed by atoms with Gasteiger partial charge in [0.05, 0.1) is 11.1 Å². The second-order valence-corrected chi connectivity index (χ2v) is 7.73. The van der Waals surface area contributed by atoms with Crippen molar-refractivity contribution in [2.24, 2.45) is 0 Å². The largest absolute Gasteiger partial charge is 0.508 e. The van der Waals surface area contributed by atoms with E-state index >= 15 is 0 Å². The van der Waals surface area contributed by atoms with Crippen LogP contribution in [0.2, 0.25) is 0 Å². The molecule has 3 rings (SSSR count). The number of phenolic OH excluding ortho intramolecular Hbond substituents is 2. The molecule has 0 fully saturated rings. The zero-order valence-electron chi connectivity index (χ0n) is 17.0. The van der Waals surface area contributed by atoms with Crippen molar-refractivity contribution in [1.29, 1.82) is 0 Å². The van der Waals surface area contributed by atoms with Crippen molar-refractivity contribution >= 4 is 17.9 Å². The lowest BCUT2D eigenvalue weighted by molar-refractivity contribution is 0.104. The Kier molecular flexibility index (Phi) is 5.92. The third-order valence-corrected chi connectivity index (χ3v) is 4.90. The molecule has 4 nitrogen and oxygen atoms in total. The number of hydrogen-bond acceptors (Lipinski definition) is 4. The van der Waals surface area contributed by atoms with E-state index in [4.69, 9.17) is 4.74 Å². The number of hydrogen-bond donors (Lipinski definition) is 2. The van der Waals surface area contributed by atoms with Crippen LogP contribution in [-0.4, -0.2) is 21.6 Å². The molecule has 0 saturated heterocycles. The maximum Gasteiger partial charge on any atom is 0.189 e. The first kappa shape index (κ1) is 20.5. The fourth-order valence-electron chi connectivity index (χ4n) is 3.21. The molecule has 1 aliphatic rings. The molecule has 2 aromatic rings. The minimum Gasteiger partial charge on any atom is -0.508 e. The van der Waals surface area contributed by atoms with Gasteiger partial charge in [0.2, 0.25) is 0 Å². The van der Waals surface area contributed by atoms with E-state index in [0.29, 0.717) is 11.3 Å². The van der Waals surface area contributed by atoms with Crippen LogP contribution in [0.15, 0.2) is 60.2 Å². The molecule has 2 N–H and O–H groups in total. The highest BCUT2D eigenvalue weighted by Gasteiger charge is 2.29. The summed E-state index contributed by atoms with van der Waals surface area (Å²) in [5, 5.41) is 20.0. The first-order chi connectivity index (χ1) is 13.8. The average molecular weight is 390 g/mol. The zero-order chi connectivity index (χ0) is 21.0. The molecule has 0 aliphatic carbocycles. The van der Waals surface area contributed by atoms with Gasteiger partial charge in [-0.25, -0.2) is 0 Å². The molecule has 1 aliphatic heterocycles. The predicted molar refractivity (Wildman–Crippen MR) is 116 cm³/mol. The SMILES string of the molecule is CC(C)=CCC[C@]1(C)C=Cc2c(ccc(C(=O)/C=C/c3ccc(O)cc3)c2O)O1. The lowest BCUT2D eigenvalue weighted by atomic mass is 9.93. The van der Waals surface area contributed by atoms with Gasteiger partial charge in [-0.15, -0.1) is 0 Å². The summed E-state index contributed by atoms with van der Waals surface area (Å²) >= 11 is 0. The summed E-state index contributed by atoms with van der Waals surface area (Å²) in [6, 6.07) is 9.85. The summed E-state index contributed by atoms with van der Waals surface area (Å²) < 4.78 is 6.13. The molecule has 0 unspecified atom stereocenters. The Labute approximate surface area is 171 Å². The minimum absolute atomic E-state index is 0.0783. The first-order valence-corrected chi connectivity index (χ1v) is 9.66. The second kappa shape index (κ2) is 8.39. The third kappa shape index (κ3) is 4.96. The monoisotopic (exact) mass is 390 g/mol. The Hall–Kier alpha value is -3.27. The van der Waals surface area contributed by atoms with E-state index in [-0.39, 0.29) is 22.8 Å². The summed E-state index contributed by atoms with van der Waals surface area (Å²) in [5.41, 5.74) is 2.35. The normalized spacial score (nSPS) is 17.6. The maximum absolute atomic E-state index is 12.6. The Morgan fingerprint density at radius 2 is 1.83 bits per heavy atom. The molecule has 0 aromatic heterocycles. The van der Waals surface area contributed by atoms with Gasteiger partial charge >= 0.3 is 0 Å². The van der Waals surface area contributed by atoms with Crippen LogP contribution >= 0.6 is 0 Å². The van der Waals surface area contributed by atoms with Crippen molar-refractivity contribution < 1.29 is 19.7 Å². The van der Waals surface area contributed by atoms with Crippen LogP contribution in [0.1, 0.15) is 55.1 Å². The first-order valence-electron chi connectivity index (χ1n) is 9.66. The number of ether oxygens (including phenoxy) is 1. The van der Waals surface area contributed by atoms with Gasteiger partial charge < -0.3 is 14.9 Å². The lowest BCUT2D eigenvalue weighted by Crippen LogP contribution is -2.31. The number of phenols is 2. The van der Waals surface area contributed by atoms with Crippen molar-refractivity contribution in [3.05, 3.63) is 76.9 Å². The van der Waals surface area contributed by atoms with E-state index in [1.165, 1.54) is 11.6 Å². The van der Waals surface area contributed by atoms with Crippen LogP contribution in [0.3, 0.4) is 0 Å². The van der Waals surface area contributed by atoms with Gasteiger partial charge in [-0.2, -0.15) is 0 Å². The Morgan fingerprint density at radius 3 is 2.52 bits per heavy atom. The van der Waals surface area contributed by atoms with Crippen molar-refractivity contribution in [2.75, 3.05) is 0 Å². The summed E-state index contributed by atoms with van der Waals surface area (Å²) in [7, 11) is 0. The minimum atomic E-state index is -0.449. The Morgan fingerprint density at radius 1 is 1.10 bits per heavy atom. The van der Waals surface area contributed by atoms with Gasteiger partial charge in [0.15, 0.2) is 5.78 Å². The predicted octanol–water partition coefficient (Wildman–Crippen LogP) is 5.90. The summed E-state index contributed by atoms with van der Waals surface area (Å²) in [4.78, 5) is 12.6. The van der Waals surface area contributed by atoms with Crippen LogP contribution in [0.25, 0.3) is 12.2 Å². The van der Waals surface area contributed by atoms with Crippen molar-refractivity contribution in [2.45, 2.75) is 39.2 Å². The summed E-state index contributed by atoms with van der Waals surface area (Å²) in [5.74, 6) is 0.360. The molecule has 0 saturated carbocycles. The summed E-state index contributed by atoms with van der Waals surface area (Å²) in [6.07, 6.45) is 10.7. The molecule has 150 valence electrons. The Bertz CT molecular complexity index is 992. The van der Waals surface area contributed by atoms with Crippen LogP contribution in [0.5, 0.6) is 17.2 Å². The Balaban J connectivity index is 1.78. The van der Waals surface area contributed by atoms with Gasteiger partial charge in [-0.1, -0.05) is 29.9 Å². The highest BCUT2D eigenvalue weighted by molar-refractivity contribution is 6.09. The van der Waals surface area contributed by atoms with Gasteiger partial charge in [0.1, 0.15) is 22.8 Å².